The zero-order valence-electron chi connectivity index (χ0n) is 12.5. The van der Waals surface area contributed by atoms with E-state index in [0.29, 0.717) is 17.5 Å². The topological polar surface area (TPSA) is 54.0 Å². The molecular weight excluding hydrogens is 398 g/mol. The van der Waals surface area contributed by atoms with Gasteiger partial charge in [0.2, 0.25) is 5.91 Å². The summed E-state index contributed by atoms with van der Waals surface area (Å²) < 4.78 is 1.02. The lowest BCUT2D eigenvalue weighted by Gasteiger charge is -2.07. The maximum Gasteiger partial charge on any atom is 0.226 e. The van der Waals surface area contributed by atoms with Gasteiger partial charge in [-0.25, -0.2) is 4.98 Å². The molecule has 4 nitrogen and oxygen atoms in total. The minimum Gasteiger partial charge on any atom is -0.316 e. The van der Waals surface area contributed by atoms with Crippen LogP contribution < -0.4 is 10.6 Å². The number of amides is 1. The highest BCUT2D eigenvalue weighted by Gasteiger charge is 2.16. The molecule has 0 spiro atoms. The van der Waals surface area contributed by atoms with E-state index in [9.17, 15) is 4.79 Å². The largest absolute Gasteiger partial charge is 0.316 e. The van der Waals surface area contributed by atoms with Crippen molar-refractivity contribution in [3.05, 3.63) is 34.1 Å². The number of halogens is 2. The van der Waals surface area contributed by atoms with Gasteiger partial charge in [0.1, 0.15) is 0 Å². The Bertz CT molecular complexity index is 658. The molecule has 124 valence electrons. The van der Waals surface area contributed by atoms with Crippen LogP contribution in [0.1, 0.15) is 19.3 Å². The van der Waals surface area contributed by atoms with E-state index >= 15 is 0 Å². The van der Waals surface area contributed by atoms with Crippen molar-refractivity contribution in [1.82, 2.24) is 10.3 Å². The van der Waals surface area contributed by atoms with Crippen molar-refractivity contribution in [3.8, 4) is 11.3 Å². The SMILES string of the molecule is Cl.O=C(CCC1CCNC1)Nc1nc(-c2cccc(Br)c2)cs1. The molecule has 7 heteroatoms. The minimum atomic E-state index is 0. The molecule has 1 saturated heterocycles. The molecule has 0 saturated carbocycles. The molecule has 2 heterocycles. The average molecular weight is 417 g/mol. The second-order valence-corrected chi connectivity index (χ2v) is 7.27. The molecule has 0 bridgehead atoms. The Balaban J connectivity index is 0.00000192. The molecule has 3 rings (SSSR count). The van der Waals surface area contributed by atoms with Crippen LogP contribution in [0.2, 0.25) is 0 Å². The Morgan fingerprint density at radius 3 is 3.09 bits per heavy atom. The molecule has 1 aliphatic heterocycles. The van der Waals surface area contributed by atoms with Gasteiger partial charge in [0.15, 0.2) is 5.13 Å². The van der Waals surface area contributed by atoms with E-state index in [0.717, 1.165) is 35.2 Å². The number of carbonyl (C=O) groups is 1. The van der Waals surface area contributed by atoms with E-state index in [1.165, 1.54) is 17.8 Å². The van der Waals surface area contributed by atoms with Gasteiger partial charge < -0.3 is 10.6 Å². The Hall–Kier alpha value is -0.950. The molecule has 1 unspecified atom stereocenters. The molecular formula is C16H19BrClN3OS. The van der Waals surface area contributed by atoms with Crippen molar-refractivity contribution in [2.24, 2.45) is 5.92 Å². The number of nitrogens with one attached hydrogen (secondary N) is 2. The van der Waals surface area contributed by atoms with Gasteiger partial charge in [-0.1, -0.05) is 28.1 Å². The first-order valence-corrected chi connectivity index (χ1v) is 9.10. The van der Waals surface area contributed by atoms with Crippen molar-refractivity contribution >= 4 is 50.7 Å². The van der Waals surface area contributed by atoms with Gasteiger partial charge in [-0.15, -0.1) is 23.7 Å². The Morgan fingerprint density at radius 1 is 1.48 bits per heavy atom. The number of carbonyl (C=O) groups excluding carboxylic acids is 1. The number of nitrogens with zero attached hydrogens (tertiary/aromatic N) is 1. The second-order valence-electron chi connectivity index (χ2n) is 5.49. The molecule has 23 heavy (non-hydrogen) atoms. The van der Waals surface area contributed by atoms with Gasteiger partial charge >= 0.3 is 0 Å². The smallest absolute Gasteiger partial charge is 0.226 e. The lowest BCUT2D eigenvalue weighted by molar-refractivity contribution is -0.116. The molecule has 1 aliphatic rings. The lowest BCUT2D eigenvalue weighted by atomic mass is 10.0. The summed E-state index contributed by atoms with van der Waals surface area (Å²) in [7, 11) is 0. The fraction of sp³-hybridized carbons (Fsp3) is 0.375. The number of rotatable bonds is 5. The number of benzene rings is 1. The van der Waals surface area contributed by atoms with E-state index in [2.05, 4.69) is 31.5 Å². The second kappa shape index (κ2) is 8.78. The fourth-order valence-corrected chi connectivity index (χ4v) is 3.72. The van der Waals surface area contributed by atoms with Gasteiger partial charge in [0.25, 0.3) is 0 Å². The summed E-state index contributed by atoms with van der Waals surface area (Å²) in [5.41, 5.74) is 1.93. The van der Waals surface area contributed by atoms with Gasteiger partial charge in [-0.05, 0) is 44.0 Å². The van der Waals surface area contributed by atoms with Crippen LogP contribution >= 0.6 is 39.7 Å². The maximum atomic E-state index is 12.0. The van der Waals surface area contributed by atoms with Crippen molar-refractivity contribution < 1.29 is 4.79 Å². The Kier molecular flexibility index (Phi) is 7.02. The van der Waals surface area contributed by atoms with Crippen LogP contribution in [-0.2, 0) is 4.79 Å². The molecule has 1 aromatic heterocycles. The molecule has 0 radical (unpaired) electrons. The lowest BCUT2D eigenvalue weighted by Crippen LogP contribution is -2.14. The van der Waals surface area contributed by atoms with Crippen LogP contribution in [-0.4, -0.2) is 24.0 Å². The summed E-state index contributed by atoms with van der Waals surface area (Å²) in [6.45, 7) is 2.12. The summed E-state index contributed by atoms with van der Waals surface area (Å²) >= 11 is 4.93. The van der Waals surface area contributed by atoms with E-state index < -0.39 is 0 Å². The fourth-order valence-electron chi connectivity index (χ4n) is 2.59. The standard InChI is InChI=1S/C16H18BrN3OS.ClH/c17-13-3-1-2-12(8-13)14-10-22-16(19-14)20-15(21)5-4-11-6-7-18-9-11;/h1-3,8,10-11,18H,4-7,9H2,(H,19,20,21);1H. The van der Waals surface area contributed by atoms with Crippen LogP contribution in [0.15, 0.2) is 34.1 Å². The first kappa shape index (κ1) is 18.4. The number of hydrogen-bond acceptors (Lipinski definition) is 4. The molecule has 0 aliphatic carbocycles. The summed E-state index contributed by atoms with van der Waals surface area (Å²) in [5, 5.41) is 8.87. The average Bonchev–Trinajstić information content (AvgIpc) is 3.16. The van der Waals surface area contributed by atoms with Gasteiger partial charge in [-0.3, -0.25) is 4.79 Å². The van der Waals surface area contributed by atoms with Crippen molar-refractivity contribution in [3.63, 3.8) is 0 Å². The number of hydrogen-bond donors (Lipinski definition) is 2. The zero-order valence-corrected chi connectivity index (χ0v) is 15.8. The summed E-state index contributed by atoms with van der Waals surface area (Å²) in [6, 6.07) is 8.00. The Labute approximate surface area is 154 Å². The van der Waals surface area contributed by atoms with Crippen LogP contribution in [0, 0.1) is 5.92 Å². The molecule has 2 aromatic rings. The minimum absolute atomic E-state index is 0. The van der Waals surface area contributed by atoms with E-state index in [1.807, 2.05) is 29.6 Å². The highest BCUT2D eigenvalue weighted by Crippen LogP contribution is 2.27. The molecule has 1 fully saturated rings. The summed E-state index contributed by atoms with van der Waals surface area (Å²) in [5.74, 6) is 0.696. The third-order valence-electron chi connectivity index (χ3n) is 3.81. The van der Waals surface area contributed by atoms with Crippen LogP contribution in [0.3, 0.4) is 0 Å². The number of aromatic nitrogens is 1. The third-order valence-corrected chi connectivity index (χ3v) is 5.06. The van der Waals surface area contributed by atoms with Crippen LogP contribution in [0.25, 0.3) is 11.3 Å². The molecule has 1 aromatic carbocycles. The first-order chi connectivity index (χ1) is 10.7. The van der Waals surface area contributed by atoms with Crippen LogP contribution in [0.4, 0.5) is 5.13 Å². The predicted molar refractivity (Wildman–Crippen MR) is 101 cm³/mol. The quantitative estimate of drug-likeness (QED) is 0.763. The summed E-state index contributed by atoms with van der Waals surface area (Å²) in [4.78, 5) is 16.5. The Morgan fingerprint density at radius 2 is 2.35 bits per heavy atom. The normalized spacial score (nSPS) is 16.8. The van der Waals surface area contributed by atoms with Crippen LogP contribution in [0.5, 0.6) is 0 Å². The predicted octanol–water partition coefficient (Wildman–Crippen LogP) is 4.32. The molecule has 1 atom stereocenters. The van der Waals surface area contributed by atoms with Crippen molar-refractivity contribution in [1.29, 1.82) is 0 Å². The highest BCUT2D eigenvalue weighted by atomic mass is 79.9. The molecule has 1 amide bonds. The van der Waals surface area contributed by atoms with E-state index in [1.54, 1.807) is 0 Å². The van der Waals surface area contributed by atoms with Crippen molar-refractivity contribution in [2.45, 2.75) is 19.3 Å². The van der Waals surface area contributed by atoms with E-state index in [-0.39, 0.29) is 18.3 Å². The number of anilines is 1. The van der Waals surface area contributed by atoms with Gasteiger partial charge in [-0.2, -0.15) is 0 Å². The van der Waals surface area contributed by atoms with E-state index in [4.69, 9.17) is 0 Å². The maximum absolute atomic E-state index is 12.0. The first-order valence-electron chi connectivity index (χ1n) is 7.43. The van der Waals surface area contributed by atoms with Crippen molar-refractivity contribution in [2.75, 3.05) is 18.4 Å². The third kappa shape index (κ3) is 5.28. The summed E-state index contributed by atoms with van der Waals surface area (Å²) in [6.07, 6.45) is 2.69. The van der Waals surface area contributed by atoms with Gasteiger partial charge in [0.05, 0.1) is 5.69 Å². The number of thiazole rings is 1. The van der Waals surface area contributed by atoms with Gasteiger partial charge in [0, 0.05) is 21.8 Å². The molecule has 2 N–H and O–H groups in total. The zero-order chi connectivity index (χ0) is 15.4. The highest BCUT2D eigenvalue weighted by molar-refractivity contribution is 9.10. The monoisotopic (exact) mass is 415 g/mol.